The first-order valence-electron chi connectivity index (χ1n) is 11.5. The third-order valence-corrected chi connectivity index (χ3v) is 6.81. The molecule has 1 aliphatic heterocycles. The minimum absolute atomic E-state index is 0.744. The van der Waals surface area contributed by atoms with E-state index in [1.165, 1.54) is 11.1 Å². The van der Waals surface area contributed by atoms with Gasteiger partial charge in [0.15, 0.2) is 5.13 Å². The third kappa shape index (κ3) is 5.64. The van der Waals surface area contributed by atoms with E-state index < -0.39 is 0 Å². The van der Waals surface area contributed by atoms with E-state index in [0.717, 1.165) is 68.2 Å². The van der Waals surface area contributed by atoms with Crippen molar-refractivity contribution in [3.63, 3.8) is 0 Å². The van der Waals surface area contributed by atoms with Gasteiger partial charge in [0.1, 0.15) is 5.75 Å². The number of anilines is 1. The van der Waals surface area contributed by atoms with Gasteiger partial charge in [0.2, 0.25) is 0 Å². The van der Waals surface area contributed by atoms with E-state index in [2.05, 4.69) is 56.7 Å². The summed E-state index contributed by atoms with van der Waals surface area (Å²) in [5.41, 5.74) is 4.56. The first kappa shape index (κ1) is 22.6. The Morgan fingerprint density at radius 3 is 2.59 bits per heavy atom. The molecule has 0 saturated carbocycles. The molecule has 2 aromatic heterocycles. The summed E-state index contributed by atoms with van der Waals surface area (Å²) in [5.74, 6) is 0.866. The molecule has 5 rings (SSSR count). The summed E-state index contributed by atoms with van der Waals surface area (Å²) in [4.78, 5) is 9.77. The van der Waals surface area contributed by atoms with Gasteiger partial charge in [-0.25, -0.2) is 9.67 Å². The Morgan fingerprint density at radius 1 is 1.03 bits per heavy atom. The summed E-state index contributed by atoms with van der Waals surface area (Å²) in [7, 11) is 1.70. The molecule has 3 heterocycles. The van der Waals surface area contributed by atoms with E-state index in [9.17, 15) is 0 Å². The number of hydrogen-bond donors (Lipinski definition) is 0. The summed E-state index contributed by atoms with van der Waals surface area (Å²) in [6, 6.07) is 18.7. The maximum Gasteiger partial charge on any atom is 0.186 e. The number of benzene rings is 2. The summed E-state index contributed by atoms with van der Waals surface area (Å²) in [6.45, 7) is 5.87. The van der Waals surface area contributed by atoms with Crippen LogP contribution in [0.25, 0.3) is 5.69 Å². The summed E-state index contributed by atoms with van der Waals surface area (Å²) >= 11 is 1.70. The highest BCUT2D eigenvalue weighted by Gasteiger charge is 2.17. The lowest BCUT2D eigenvalue weighted by molar-refractivity contribution is 0.0337. The van der Waals surface area contributed by atoms with Gasteiger partial charge < -0.3 is 14.4 Å². The van der Waals surface area contributed by atoms with Crippen molar-refractivity contribution in [2.75, 3.05) is 38.3 Å². The largest absolute Gasteiger partial charge is 0.497 e. The fourth-order valence-electron chi connectivity index (χ4n) is 4.12. The standard InChI is InChI=1S/C26H29N5O2S/c1-32-25-8-3-6-22(16-25)18-30(17-21-5-2-7-24(15-21)31-10-4-9-27-31)26-28-23(20-34-26)19-29-11-13-33-14-12-29/h2-10,15-16,20H,11-14,17-19H2,1H3. The Kier molecular flexibility index (Phi) is 7.19. The van der Waals surface area contributed by atoms with E-state index in [0.29, 0.717) is 0 Å². The minimum atomic E-state index is 0.744. The quantitative estimate of drug-likeness (QED) is 0.358. The molecule has 7 nitrogen and oxygen atoms in total. The molecule has 0 spiro atoms. The number of methoxy groups -OCH3 is 1. The first-order valence-corrected chi connectivity index (χ1v) is 12.4. The van der Waals surface area contributed by atoms with Gasteiger partial charge >= 0.3 is 0 Å². The predicted octanol–water partition coefficient (Wildman–Crippen LogP) is 4.38. The zero-order valence-electron chi connectivity index (χ0n) is 19.3. The maximum absolute atomic E-state index is 5.48. The van der Waals surface area contributed by atoms with Crippen LogP contribution >= 0.6 is 11.3 Å². The van der Waals surface area contributed by atoms with Crippen molar-refractivity contribution in [1.82, 2.24) is 19.7 Å². The highest BCUT2D eigenvalue weighted by molar-refractivity contribution is 7.13. The fourth-order valence-corrected chi connectivity index (χ4v) is 4.94. The van der Waals surface area contributed by atoms with Crippen LogP contribution in [0.1, 0.15) is 16.8 Å². The molecule has 0 aliphatic carbocycles. The van der Waals surface area contributed by atoms with Crippen molar-refractivity contribution in [3.05, 3.63) is 89.2 Å². The molecular formula is C26H29N5O2S. The van der Waals surface area contributed by atoms with E-state index >= 15 is 0 Å². The van der Waals surface area contributed by atoms with Crippen LogP contribution in [0.2, 0.25) is 0 Å². The number of nitrogens with zero attached hydrogens (tertiary/aromatic N) is 5. The Balaban J connectivity index is 1.39. The zero-order valence-corrected chi connectivity index (χ0v) is 20.2. The third-order valence-electron chi connectivity index (χ3n) is 5.86. The van der Waals surface area contributed by atoms with Gasteiger partial charge in [-0.2, -0.15) is 5.10 Å². The van der Waals surface area contributed by atoms with Crippen LogP contribution in [0.4, 0.5) is 5.13 Å². The molecule has 0 radical (unpaired) electrons. The number of rotatable bonds is 9. The Bertz CT molecular complexity index is 1190. The maximum atomic E-state index is 5.48. The highest BCUT2D eigenvalue weighted by Crippen LogP contribution is 2.27. The molecular weight excluding hydrogens is 446 g/mol. The molecule has 8 heteroatoms. The average Bonchev–Trinajstić information content (AvgIpc) is 3.58. The molecule has 1 aliphatic rings. The molecule has 176 valence electrons. The molecule has 34 heavy (non-hydrogen) atoms. The molecule has 0 unspecified atom stereocenters. The van der Waals surface area contributed by atoms with Crippen molar-refractivity contribution in [1.29, 1.82) is 0 Å². The topological polar surface area (TPSA) is 55.7 Å². The molecule has 2 aromatic carbocycles. The first-order chi connectivity index (χ1) is 16.8. The smallest absolute Gasteiger partial charge is 0.186 e. The van der Waals surface area contributed by atoms with E-state index in [1.54, 1.807) is 24.6 Å². The number of thiazole rings is 1. The lowest BCUT2D eigenvalue weighted by atomic mass is 10.1. The van der Waals surface area contributed by atoms with Crippen molar-refractivity contribution in [2.45, 2.75) is 19.6 Å². The number of ether oxygens (including phenoxy) is 2. The van der Waals surface area contributed by atoms with Crippen molar-refractivity contribution in [3.8, 4) is 11.4 Å². The number of aromatic nitrogens is 3. The van der Waals surface area contributed by atoms with E-state index in [4.69, 9.17) is 14.5 Å². The Hall–Kier alpha value is -3.20. The second-order valence-corrected chi connectivity index (χ2v) is 9.17. The van der Waals surface area contributed by atoms with Gasteiger partial charge in [-0.15, -0.1) is 11.3 Å². The summed E-state index contributed by atoms with van der Waals surface area (Å²) < 4.78 is 12.8. The zero-order chi connectivity index (χ0) is 23.2. The van der Waals surface area contributed by atoms with Crippen LogP contribution in [0.3, 0.4) is 0 Å². The predicted molar refractivity (Wildman–Crippen MR) is 135 cm³/mol. The fraction of sp³-hybridized carbons (Fsp3) is 0.308. The monoisotopic (exact) mass is 475 g/mol. The lowest BCUT2D eigenvalue weighted by Gasteiger charge is -2.26. The molecule has 0 atom stereocenters. The lowest BCUT2D eigenvalue weighted by Crippen LogP contribution is -2.35. The van der Waals surface area contributed by atoms with Crippen LogP contribution in [0, 0.1) is 0 Å². The van der Waals surface area contributed by atoms with Crippen molar-refractivity contribution in [2.24, 2.45) is 0 Å². The molecule has 1 fully saturated rings. The molecule has 0 N–H and O–H groups in total. The number of morpholine rings is 1. The Labute approximate surface area is 204 Å². The molecule has 1 saturated heterocycles. The normalized spacial score (nSPS) is 14.3. The van der Waals surface area contributed by atoms with Crippen LogP contribution in [0.5, 0.6) is 5.75 Å². The molecule has 0 bridgehead atoms. The van der Waals surface area contributed by atoms with Crippen molar-refractivity contribution < 1.29 is 9.47 Å². The van der Waals surface area contributed by atoms with Crippen LogP contribution in [-0.4, -0.2) is 53.1 Å². The minimum Gasteiger partial charge on any atom is -0.497 e. The number of hydrogen-bond acceptors (Lipinski definition) is 7. The van der Waals surface area contributed by atoms with Gasteiger partial charge in [0.05, 0.1) is 31.7 Å². The van der Waals surface area contributed by atoms with Gasteiger partial charge in [0, 0.05) is 50.5 Å². The van der Waals surface area contributed by atoms with Gasteiger partial charge in [-0.1, -0.05) is 24.3 Å². The van der Waals surface area contributed by atoms with E-state index in [1.807, 2.05) is 29.1 Å². The molecule has 0 amide bonds. The van der Waals surface area contributed by atoms with Crippen LogP contribution in [0.15, 0.2) is 72.4 Å². The van der Waals surface area contributed by atoms with Crippen LogP contribution in [-0.2, 0) is 24.4 Å². The SMILES string of the molecule is COc1cccc(CN(Cc2cccc(-n3cccn3)c2)c2nc(CN3CCOCC3)cs2)c1. The second kappa shape index (κ2) is 10.8. The van der Waals surface area contributed by atoms with Crippen LogP contribution < -0.4 is 9.64 Å². The highest BCUT2D eigenvalue weighted by atomic mass is 32.1. The summed E-state index contributed by atoms with van der Waals surface area (Å²) in [5, 5.41) is 7.58. The second-order valence-electron chi connectivity index (χ2n) is 8.34. The van der Waals surface area contributed by atoms with Crippen molar-refractivity contribution >= 4 is 16.5 Å². The summed E-state index contributed by atoms with van der Waals surface area (Å²) in [6.07, 6.45) is 3.76. The average molecular weight is 476 g/mol. The van der Waals surface area contributed by atoms with E-state index in [-0.39, 0.29) is 0 Å². The van der Waals surface area contributed by atoms with Gasteiger partial charge in [0.25, 0.3) is 0 Å². The van der Waals surface area contributed by atoms with Gasteiger partial charge in [-0.05, 0) is 41.5 Å². The Morgan fingerprint density at radius 2 is 1.82 bits per heavy atom. The molecule has 4 aromatic rings. The van der Waals surface area contributed by atoms with Gasteiger partial charge in [-0.3, -0.25) is 4.90 Å².